The number of carbonyl (C=O) groups is 1. The molecule has 2 heterocycles. The smallest absolute Gasteiger partial charge is 0.251 e. The van der Waals surface area contributed by atoms with E-state index >= 15 is 0 Å². The average Bonchev–Trinajstić information content (AvgIpc) is 2.67. The molecule has 3 rings (SSSR count). The summed E-state index contributed by atoms with van der Waals surface area (Å²) in [5.74, 6) is 1.31. The predicted octanol–water partition coefficient (Wildman–Crippen LogP) is 2.56. The fourth-order valence-electron chi connectivity index (χ4n) is 2.81. The Bertz CT molecular complexity index is 919. The number of nitrogens with one attached hydrogen (secondary N) is 2. The number of carbonyl (C=O) groups excluding carboxylic acids is 1. The van der Waals surface area contributed by atoms with Crippen molar-refractivity contribution in [3.05, 3.63) is 65.5 Å². The number of amides is 1. The van der Waals surface area contributed by atoms with Gasteiger partial charge in [0.1, 0.15) is 11.5 Å². The third-order valence-electron chi connectivity index (χ3n) is 4.02. The van der Waals surface area contributed by atoms with Crippen LogP contribution >= 0.6 is 0 Å². The molecule has 3 aromatic rings. The zero-order valence-corrected chi connectivity index (χ0v) is 15.7. The monoisotopic (exact) mass is 362 g/mol. The van der Waals surface area contributed by atoms with E-state index < -0.39 is 0 Å². The summed E-state index contributed by atoms with van der Waals surface area (Å²) in [6.45, 7) is 4.36. The minimum Gasteiger partial charge on any atom is -0.371 e. The molecule has 27 heavy (non-hydrogen) atoms. The maximum Gasteiger partial charge on any atom is 0.251 e. The molecule has 0 atom stereocenters. The highest BCUT2D eigenvalue weighted by molar-refractivity contribution is 5.94. The topological polar surface area (TPSA) is 92.7 Å². The molecular formula is C20H22N6O. The molecule has 7 nitrogen and oxygen atoms in total. The second-order valence-corrected chi connectivity index (χ2v) is 6.15. The molecule has 0 saturated heterocycles. The van der Waals surface area contributed by atoms with Crippen LogP contribution in [0.5, 0.6) is 0 Å². The summed E-state index contributed by atoms with van der Waals surface area (Å²) < 4.78 is 0. The van der Waals surface area contributed by atoms with Gasteiger partial charge in [0.15, 0.2) is 5.82 Å². The van der Waals surface area contributed by atoms with Gasteiger partial charge in [-0.25, -0.2) is 15.0 Å². The van der Waals surface area contributed by atoms with Crippen molar-refractivity contribution >= 4 is 11.7 Å². The van der Waals surface area contributed by atoms with Crippen molar-refractivity contribution in [1.82, 2.24) is 25.3 Å². The summed E-state index contributed by atoms with van der Waals surface area (Å²) >= 11 is 0. The molecule has 0 aliphatic rings. The van der Waals surface area contributed by atoms with E-state index in [1.807, 2.05) is 32.0 Å². The van der Waals surface area contributed by atoms with Crippen molar-refractivity contribution in [3.63, 3.8) is 0 Å². The summed E-state index contributed by atoms with van der Waals surface area (Å²) in [5.41, 5.74) is 4.11. The molecule has 2 aromatic heterocycles. The Hall–Kier alpha value is -3.35. The minimum absolute atomic E-state index is 0.126. The number of aryl methyl sites for hydroxylation is 2. The fraction of sp³-hybridized carbons (Fsp3) is 0.250. The highest BCUT2D eigenvalue weighted by Gasteiger charge is 2.09. The van der Waals surface area contributed by atoms with Gasteiger partial charge in [-0.3, -0.25) is 9.78 Å². The fourth-order valence-corrected chi connectivity index (χ4v) is 2.81. The normalized spacial score (nSPS) is 10.5. The Morgan fingerprint density at radius 1 is 1.00 bits per heavy atom. The van der Waals surface area contributed by atoms with E-state index in [9.17, 15) is 4.79 Å². The van der Waals surface area contributed by atoms with Crippen LogP contribution in [0.1, 0.15) is 27.6 Å². The highest BCUT2D eigenvalue weighted by Crippen LogP contribution is 2.23. The standard InChI is InChI=1S/C20H22N6O/c1-13-12-14(2)26-17(25-13)8-9-24-20(27)16-6-4-15(5-7-16)18-19(21-3)23-11-10-22-18/h4-7,10-12H,8-9H2,1-3H3,(H,21,23)(H,24,27). The van der Waals surface area contributed by atoms with Crippen LogP contribution in [0.25, 0.3) is 11.3 Å². The van der Waals surface area contributed by atoms with Gasteiger partial charge in [0, 0.05) is 54.9 Å². The Morgan fingerprint density at radius 2 is 1.67 bits per heavy atom. The summed E-state index contributed by atoms with van der Waals surface area (Å²) in [6, 6.07) is 9.23. The van der Waals surface area contributed by atoms with Crippen molar-refractivity contribution in [2.45, 2.75) is 20.3 Å². The number of hydrogen-bond acceptors (Lipinski definition) is 6. The molecule has 0 saturated carbocycles. The van der Waals surface area contributed by atoms with Crippen LogP contribution in [-0.4, -0.2) is 39.4 Å². The average molecular weight is 362 g/mol. The molecule has 0 fully saturated rings. The number of nitrogens with zero attached hydrogens (tertiary/aromatic N) is 4. The van der Waals surface area contributed by atoms with Gasteiger partial charge >= 0.3 is 0 Å². The minimum atomic E-state index is -0.126. The molecule has 2 N–H and O–H groups in total. The van der Waals surface area contributed by atoms with Crippen LogP contribution < -0.4 is 10.6 Å². The highest BCUT2D eigenvalue weighted by atomic mass is 16.1. The summed E-state index contributed by atoms with van der Waals surface area (Å²) in [6.07, 6.45) is 3.87. The first-order valence-electron chi connectivity index (χ1n) is 8.75. The van der Waals surface area contributed by atoms with Crippen LogP contribution in [0.15, 0.2) is 42.7 Å². The van der Waals surface area contributed by atoms with E-state index in [-0.39, 0.29) is 5.91 Å². The SMILES string of the molecule is CNc1nccnc1-c1ccc(C(=O)NCCc2nc(C)cc(C)n2)cc1. The maximum absolute atomic E-state index is 12.3. The number of benzene rings is 1. The van der Waals surface area contributed by atoms with Crippen molar-refractivity contribution < 1.29 is 4.79 Å². The van der Waals surface area contributed by atoms with Crippen molar-refractivity contribution in [2.24, 2.45) is 0 Å². The Kier molecular flexibility index (Phi) is 5.71. The van der Waals surface area contributed by atoms with Crippen LogP contribution in [0.4, 0.5) is 5.82 Å². The number of rotatable bonds is 6. The molecular weight excluding hydrogens is 340 g/mol. The first kappa shape index (κ1) is 18.4. The zero-order chi connectivity index (χ0) is 19.2. The molecule has 0 spiro atoms. The Balaban J connectivity index is 1.62. The van der Waals surface area contributed by atoms with Crippen LogP contribution in [0, 0.1) is 13.8 Å². The number of aromatic nitrogens is 4. The molecule has 0 aliphatic carbocycles. The third-order valence-corrected chi connectivity index (χ3v) is 4.02. The summed E-state index contributed by atoms with van der Waals surface area (Å²) in [7, 11) is 1.80. The first-order valence-corrected chi connectivity index (χ1v) is 8.75. The quantitative estimate of drug-likeness (QED) is 0.700. The van der Waals surface area contributed by atoms with Crippen LogP contribution in [-0.2, 0) is 6.42 Å². The van der Waals surface area contributed by atoms with Gasteiger partial charge in [-0.2, -0.15) is 0 Å². The lowest BCUT2D eigenvalue weighted by Gasteiger charge is -2.08. The molecule has 7 heteroatoms. The number of hydrogen-bond donors (Lipinski definition) is 2. The van der Waals surface area contributed by atoms with Gasteiger partial charge in [-0.1, -0.05) is 12.1 Å². The van der Waals surface area contributed by atoms with Gasteiger partial charge in [-0.15, -0.1) is 0 Å². The van der Waals surface area contributed by atoms with Gasteiger partial charge in [-0.05, 0) is 32.0 Å². The van der Waals surface area contributed by atoms with E-state index in [1.165, 1.54) is 0 Å². The van der Waals surface area contributed by atoms with E-state index in [2.05, 4.69) is 30.6 Å². The first-order chi connectivity index (χ1) is 13.1. The maximum atomic E-state index is 12.3. The number of anilines is 1. The van der Waals surface area contributed by atoms with Crippen molar-refractivity contribution in [2.75, 3.05) is 18.9 Å². The Labute approximate surface area is 158 Å². The van der Waals surface area contributed by atoms with E-state index in [1.54, 1.807) is 31.6 Å². The second-order valence-electron chi connectivity index (χ2n) is 6.15. The third kappa shape index (κ3) is 4.63. The lowest BCUT2D eigenvalue weighted by molar-refractivity contribution is 0.0954. The van der Waals surface area contributed by atoms with Gasteiger partial charge in [0.05, 0.1) is 0 Å². The largest absolute Gasteiger partial charge is 0.371 e. The Morgan fingerprint density at radius 3 is 2.33 bits per heavy atom. The van der Waals surface area contributed by atoms with E-state index in [4.69, 9.17) is 0 Å². The van der Waals surface area contributed by atoms with Gasteiger partial charge in [0.25, 0.3) is 5.91 Å². The van der Waals surface area contributed by atoms with Gasteiger partial charge < -0.3 is 10.6 Å². The van der Waals surface area contributed by atoms with Crippen molar-refractivity contribution in [1.29, 1.82) is 0 Å². The molecule has 0 bridgehead atoms. The zero-order valence-electron chi connectivity index (χ0n) is 15.7. The molecule has 1 amide bonds. The van der Waals surface area contributed by atoms with Crippen molar-refractivity contribution in [3.8, 4) is 11.3 Å². The summed E-state index contributed by atoms with van der Waals surface area (Å²) in [5, 5.41) is 5.93. The van der Waals surface area contributed by atoms with Gasteiger partial charge in [0.2, 0.25) is 0 Å². The molecule has 138 valence electrons. The lowest BCUT2D eigenvalue weighted by atomic mass is 10.1. The van der Waals surface area contributed by atoms with Crippen LogP contribution in [0.3, 0.4) is 0 Å². The second kappa shape index (κ2) is 8.35. The summed E-state index contributed by atoms with van der Waals surface area (Å²) in [4.78, 5) is 29.7. The molecule has 1 aromatic carbocycles. The predicted molar refractivity (Wildman–Crippen MR) is 105 cm³/mol. The lowest BCUT2D eigenvalue weighted by Crippen LogP contribution is -2.26. The molecule has 0 aliphatic heterocycles. The molecule has 0 radical (unpaired) electrons. The van der Waals surface area contributed by atoms with Crippen LogP contribution in [0.2, 0.25) is 0 Å². The van der Waals surface area contributed by atoms with E-state index in [0.29, 0.717) is 24.3 Å². The van der Waals surface area contributed by atoms with E-state index in [0.717, 1.165) is 28.5 Å². The molecule has 0 unspecified atom stereocenters.